The number of aromatic nitrogens is 2. The third-order valence-electron chi connectivity index (χ3n) is 3.72. The van der Waals surface area contributed by atoms with E-state index in [1.807, 2.05) is 11.8 Å². The maximum atomic E-state index is 12.2. The summed E-state index contributed by atoms with van der Waals surface area (Å²) < 4.78 is 1.39. The van der Waals surface area contributed by atoms with Crippen molar-refractivity contribution in [2.75, 3.05) is 31.1 Å². The summed E-state index contributed by atoms with van der Waals surface area (Å²) in [5, 5.41) is 17.0. The molecule has 0 radical (unpaired) electrons. The Hall–Kier alpha value is -1.11. The van der Waals surface area contributed by atoms with Gasteiger partial charge in [-0.15, -0.1) is 0 Å². The highest BCUT2D eigenvalue weighted by atomic mass is 35.5. The molecular formula is C14H23ClN4O2. The average Bonchev–Trinajstić information content (AvgIpc) is 2.97. The highest BCUT2D eigenvalue weighted by molar-refractivity contribution is 6.33. The van der Waals surface area contributed by atoms with E-state index in [4.69, 9.17) is 11.6 Å². The number of aliphatic hydroxyl groups is 1. The fourth-order valence-corrected chi connectivity index (χ4v) is 2.92. The molecular weight excluding hydrogens is 292 g/mol. The Kier molecular flexibility index (Phi) is 6.02. The quantitative estimate of drug-likeness (QED) is 0.781. The Balaban J connectivity index is 2.22. The van der Waals surface area contributed by atoms with Crippen LogP contribution in [0.3, 0.4) is 0 Å². The van der Waals surface area contributed by atoms with Crippen molar-refractivity contribution in [2.45, 2.75) is 38.8 Å². The Bertz CT molecular complexity index is 514. The fraction of sp³-hybridized carbons (Fsp3) is 0.714. The van der Waals surface area contributed by atoms with E-state index < -0.39 is 0 Å². The zero-order chi connectivity index (χ0) is 15.2. The van der Waals surface area contributed by atoms with Gasteiger partial charge in [0.05, 0.1) is 18.5 Å². The maximum absolute atomic E-state index is 12.2. The minimum atomic E-state index is -0.265. The second-order valence-electron chi connectivity index (χ2n) is 5.33. The molecule has 7 heteroatoms. The van der Waals surface area contributed by atoms with Crippen molar-refractivity contribution in [1.82, 2.24) is 15.1 Å². The van der Waals surface area contributed by atoms with Crippen molar-refractivity contribution < 1.29 is 5.11 Å². The predicted molar refractivity (Wildman–Crippen MR) is 84.1 cm³/mol. The normalized spacial score (nSPS) is 18.1. The van der Waals surface area contributed by atoms with Gasteiger partial charge >= 0.3 is 0 Å². The van der Waals surface area contributed by atoms with Crippen molar-refractivity contribution >= 4 is 17.3 Å². The second kappa shape index (κ2) is 7.77. The molecule has 1 aliphatic rings. The summed E-state index contributed by atoms with van der Waals surface area (Å²) in [5.41, 5.74) is 0.343. The van der Waals surface area contributed by atoms with Crippen LogP contribution in [0.5, 0.6) is 0 Å². The summed E-state index contributed by atoms with van der Waals surface area (Å²) in [6, 6.07) is 0.366. The number of rotatable bonds is 7. The molecule has 21 heavy (non-hydrogen) atoms. The van der Waals surface area contributed by atoms with Crippen LogP contribution in [0.15, 0.2) is 11.0 Å². The first-order chi connectivity index (χ1) is 10.2. The summed E-state index contributed by atoms with van der Waals surface area (Å²) in [6.07, 6.45) is 4.71. The third kappa shape index (κ3) is 3.96. The molecule has 2 heterocycles. The summed E-state index contributed by atoms with van der Waals surface area (Å²) >= 11 is 6.23. The standard InChI is InChI=1S/C14H23ClN4O2/c1-2-6-19-14(21)13(15)12(9-17-19)18(7-8-20)10-11-4-3-5-16-11/h9,11,16,20H,2-8,10H2,1H3. The summed E-state index contributed by atoms with van der Waals surface area (Å²) in [5.74, 6) is 0. The zero-order valence-corrected chi connectivity index (χ0v) is 13.1. The van der Waals surface area contributed by atoms with Gasteiger partial charge in [-0.05, 0) is 25.8 Å². The monoisotopic (exact) mass is 314 g/mol. The maximum Gasteiger partial charge on any atom is 0.287 e. The SMILES string of the molecule is CCCn1ncc(N(CCO)CC2CCCN2)c(Cl)c1=O. The van der Waals surface area contributed by atoms with Crippen molar-refractivity contribution in [2.24, 2.45) is 0 Å². The predicted octanol–water partition coefficient (Wildman–Crippen LogP) is 0.857. The molecule has 1 aromatic heterocycles. The lowest BCUT2D eigenvalue weighted by Crippen LogP contribution is -2.40. The van der Waals surface area contributed by atoms with E-state index in [2.05, 4.69) is 10.4 Å². The van der Waals surface area contributed by atoms with E-state index in [0.29, 0.717) is 24.8 Å². The number of nitrogens with one attached hydrogen (secondary N) is 1. The van der Waals surface area contributed by atoms with Gasteiger partial charge in [0.25, 0.3) is 5.56 Å². The van der Waals surface area contributed by atoms with Crippen molar-refractivity contribution in [3.8, 4) is 0 Å². The average molecular weight is 315 g/mol. The van der Waals surface area contributed by atoms with Crippen LogP contribution in [0.2, 0.25) is 5.02 Å². The first kappa shape index (κ1) is 16.3. The molecule has 1 aliphatic heterocycles. The Morgan fingerprint density at radius 3 is 3.05 bits per heavy atom. The van der Waals surface area contributed by atoms with E-state index in [1.165, 1.54) is 4.68 Å². The smallest absolute Gasteiger partial charge is 0.287 e. The molecule has 1 atom stereocenters. The lowest BCUT2D eigenvalue weighted by molar-refractivity contribution is 0.300. The van der Waals surface area contributed by atoms with E-state index in [0.717, 1.165) is 32.4 Å². The second-order valence-corrected chi connectivity index (χ2v) is 5.71. The van der Waals surface area contributed by atoms with Gasteiger partial charge in [-0.2, -0.15) is 5.10 Å². The zero-order valence-electron chi connectivity index (χ0n) is 12.4. The van der Waals surface area contributed by atoms with Crippen LogP contribution in [0.25, 0.3) is 0 Å². The van der Waals surface area contributed by atoms with Gasteiger partial charge in [0.2, 0.25) is 0 Å². The lowest BCUT2D eigenvalue weighted by Gasteiger charge is -2.27. The van der Waals surface area contributed by atoms with E-state index in [9.17, 15) is 9.90 Å². The molecule has 1 unspecified atom stereocenters. The van der Waals surface area contributed by atoms with E-state index >= 15 is 0 Å². The molecule has 0 saturated carbocycles. The van der Waals surface area contributed by atoms with Crippen LogP contribution in [-0.2, 0) is 6.54 Å². The molecule has 0 aromatic carbocycles. The summed E-state index contributed by atoms with van der Waals surface area (Å²) in [6.45, 7) is 4.74. The van der Waals surface area contributed by atoms with Crippen LogP contribution in [0.1, 0.15) is 26.2 Å². The van der Waals surface area contributed by atoms with Gasteiger partial charge in [0.15, 0.2) is 0 Å². The third-order valence-corrected chi connectivity index (χ3v) is 4.07. The number of aryl methyl sites for hydroxylation is 1. The molecule has 1 fully saturated rings. The van der Waals surface area contributed by atoms with Crippen LogP contribution in [0, 0.1) is 0 Å². The lowest BCUT2D eigenvalue weighted by atomic mass is 10.2. The van der Waals surface area contributed by atoms with Gasteiger partial charge in [0.1, 0.15) is 5.02 Å². The van der Waals surface area contributed by atoms with Crippen molar-refractivity contribution in [3.05, 3.63) is 21.6 Å². The van der Waals surface area contributed by atoms with E-state index in [-0.39, 0.29) is 17.2 Å². The number of hydrogen-bond acceptors (Lipinski definition) is 5. The van der Waals surface area contributed by atoms with Crippen molar-refractivity contribution in [1.29, 1.82) is 0 Å². The molecule has 2 rings (SSSR count). The highest BCUT2D eigenvalue weighted by Gasteiger charge is 2.21. The fourth-order valence-electron chi connectivity index (χ4n) is 2.66. The van der Waals surface area contributed by atoms with Gasteiger partial charge in [-0.25, -0.2) is 4.68 Å². The molecule has 0 spiro atoms. The van der Waals surface area contributed by atoms with Crippen molar-refractivity contribution in [3.63, 3.8) is 0 Å². The molecule has 0 aliphatic carbocycles. The number of anilines is 1. The minimum Gasteiger partial charge on any atom is -0.395 e. The van der Waals surface area contributed by atoms with Crippen LogP contribution >= 0.6 is 11.6 Å². The Labute approximate surface area is 129 Å². The van der Waals surface area contributed by atoms with Gasteiger partial charge < -0.3 is 15.3 Å². The first-order valence-corrected chi connectivity index (χ1v) is 7.90. The number of hydrogen-bond donors (Lipinski definition) is 2. The Morgan fingerprint density at radius 2 is 2.43 bits per heavy atom. The van der Waals surface area contributed by atoms with Gasteiger partial charge in [-0.3, -0.25) is 4.79 Å². The highest BCUT2D eigenvalue weighted by Crippen LogP contribution is 2.22. The topological polar surface area (TPSA) is 70.4 Å². The van der Waals surface area contributed by atoms with Crippen LogP contribution in [0.4, 0.5) is 5.69 Å². The number of halogens is 1. The van der Waals surface area contributed by atoms with Crippen LogP contribution < -0.4 is 15.8 Å². The molecule has 0 amide bonds. The van der Waals surface area contributed by atoms with Gasteiger partial charge in [-0.1, -0.05) is 18.5 Å². The summed E-state index contributed by atoms with van der Waals surface area (Å²) in [4.78, 5) is 14.1. The first-order valence-electron chi connectivity index (χ1n) is 7.52. The number of aliphatic hydroxyl groups excluding tert-OH is 1. The summed E-state index contributed by atoms with van der Waals surface area (Å²) in [7, 11) is 0. The minimum absolute atomic E-state index is 0.0150. The van der Waals surface area contributed by atoms with E-state index in [1.54, 1.807) is 6.20 Å². The molecule has 1 saturated heterocycles. The Morgan fingerprint density at radius 1 is 1.62 bits per heavy atom. The van der Waals surface area contributed by atoms with Crippen LogP contribution in [-0.4, -0.2) is 47.2 Å². The van der Waals surface area contributed by atoms with Gasteiger partial charge in [0, 0.05) is 25.7 Å². The molecule has 118 valence electrons. The number of nitrogens with zero attached hydrogens (tertiary/aromatic N) is 3. The molecule has 0 bridgehead atoms. The molecule has 1 aromatic rings. The molecule has 6 nitrogen and oxygen atoms in total. The largest absolute Gasteiger partial charge is 0.395 e. The molecule has 2 N–H and O–H groups in total.